The van der Waals surface area contributed by atoms with Crippen LogP contribution in [0.2, 0.25) is 0 Å². The Balaban J connectivity index is 2.87. The van der Waals surface area contributed by atoms with E-state index in [0.29, 0.717) is 22.0 Å². The molecule has 1 amide bonds. The second-order valence-electron chi connectivity index (χ2n) is 4.26. The average molecular weight is 279 g/mol. The van der Waals surface area contributed by atoms with Crippen LogP contribution in [0.3, 0.4) is 0 Å². The lowest BCUT2D eigenvalue weighted by molar-refractivity contribution is -0.114. The molecular weight excluding hydrogens is 266 g/mol. The molecule has 2 aromatic carbocycles. The third kappa shape index (κ3) is 2.59. The largest absolute Gasteiger partial charge is 0.326 e. The van der Waals surface area contributed by atoms with Gasteiger partial charge in [-0.3, -0.25) is 9.35 Å². The maximum Gasteiger partial charge on any atom is 0.295 e. The molecule has 0 spiro atoms. The van der Waals surface area contributed by atoms with Crippen LogP contribution in [-0.4, -0.2) is 18.9 Å². The van der Waals surface area contributed by atoms with Gasteiger partial charge >= 0.3 is 0 Å². The highest BCUT2D eigenvalue weighted by Crippen LogP contribution is 2.31. The summed E-state index contributed by atoms with van der Waals surface area (Å²) in [4.78, 5) is 11.0. The molecule has 0 aromatic heterocycles. The summed E-state index contributed by atoms with van der Waals surface area (Å²) in [6.45, 7) is 3.12. The first-order valence-electron chi connectivity index (χ1n) is 5.58. The summed E-state index contributed by atoms with van der Waals surface area (Å²) < 4.78 is 32.1. The van der Waals surface area contributed by atoms with Crippen LogP contribution in [0.5, 0.6) is 0 Å². The number of fused-ring (bicyclic) bond motifs is 1. The molecule has 0 aliphatic carbocycles. The maximum absolute atomic E-state index is 11.4. The number of carbonyl (C=O) groups excluding carboxylic acids is 1. The first-order valence-corrected chi connectivity index (χ1v) is 7.02. The summed E-state index contributed by atoms with van der Waals surface area (Å²) in [6, 6.07) is 7.95. The van der Waals surface area contributed by atoms with Crippen molar-refractivity contribution in [3.8, 4) is 0 Å². The Kier molecular flexibility index (Phi) is 3.30. The van der Waals surface area contributed by atoms with Crippen LogP contribution in [0, 0.1) is 6.92 Å². The van der Waals surface area contributed by atoms with Gasteiger partial charge in [0.25, 0.3) is 10.1 Å². The Labute approximate surface area is 111 Å². The smallest absolute Gasteiger partial charge is 0.295 e. The fourth-order valence-electron chi connectivity index (χ4n) is 2.06. The minimum Gasteiger partial charge on any atom is -0.326 e. The zero-order chi connectivity index (χ0) is 14.2. The van der Waals surface area contributed by atoms with Gasteiger partial charge in [-0.25, -0.2) is 0 Å². The lowest BCUT2D eigenvalue weighted by Gasteiger charge is -2.11. The Morgan fingerprint density at radius 3 is 2.47 bits per heavy atom. The van der Waals surface area contributed by atoms with Gasteiger partial charge < -0.3 is 5.32 Å². The molecule has 2 aromatic rings. The van der Waals surface area contributed by atoms with Crippen LogP contribution in [0.15, 0.2) is 35.2 Å². The summed E-state index contributed by atoms with van der Waals surface area (Å²) in [6.07, 6.45) is 0. The van der Waals surface area contributed by atoms with Gasteiger partial charge in [-0.1, -0.05) is 18.2 Å². The summed E-state index contributed by atoms with van der Waals surface area (Å²) in [5.74, 6) is -0.248. The molecule has 0 radical (unpaired) electrons. The van der Waals surface area contributed by atoms with E-state index in [0.717, 1.165) is 0 Å². The maximum atomic E-state index is 11.4. The molecule has 2 rings (SSSR count). The number of nitrogens with one attached hydrogen (secondary N) is 1. The van der Waals surface area contributed by atoms with E-state index in [4.69, 9.17) is 0 Å². The van der Waals surface area contributed by atoms with Crippen molar-refractivity contribution in [1.29, 1.82) is 0 Å². The molecule has 19 heavy (non-hydrogen) atoms. The number of carbonyl (C=O) groups is 1. The van der Waals surface area contributed by atoms with Crippen LogP contribution in [0.4, 0.5) is 5.69 Å². The molecule has 0 heterocycles. The molecule has 0 aliphatic heterocycles. The third-order valence-corrected chi connectivity index (χ3v) is 3.70. The third-order valence-electron chi connectivity index (χ3n) is 2.80. The molecule has 6 heteroatoms. The molecule has 0 unspecified atom stereocenters. The second kappa shape index (κ2) is 4.64. The molecule has 0 fully saturated rings. The van der Waals surface area contributed by atoms with E-state index >= 15 is 0 Å². The Morgan fingerprint density at radius 1 is 1.21 bits per heavy atom. The summed E-state index contributed by atoms with van der Waals surface area (Å²) in [7, 11) is -4.31. The van der Waals surface area contributed by atoms with E-state index < -0.39 is 10.1 Å². The normalized spacial score (nSPS) is 11.5. The van der Waals surface area contributed by atoms with E-state index in [-0.39, 0.29) is 10.8 Å². The van der Waals surface area contributed by atoms with Crippen LogP contribution in [-0.2, 0) is 14.9 Å². The minimum atomic E-state index is -4.31. The Morgan fingerprint density at radius 2 is 1.89 bits per heavy atom. The topological polar surface area (TPSA) is 83.5 Å². The van der Waals surface area contributed by atoms with Gasteiger partial charge in [-0.2, -0.15) is 8.42 Å². The standard InChI is InChI=1S/C13H13NO4S/c1-8-6-7-11(14-9(2)15)10-4-3-5-12(13(8)10)19(16,17)18/h3-7H,1-2H3,(H,14,15)(H,16,17,18). The molecule has 0 bridgehead atoms. The van der Waals surface area contributed by atoms with Gasteiger partial charge in [-0.15, -0.1) is 0 Å². The number of benzene rings is 2. The van der Waals surface area contributed by atoms with Gasteiger partial charge in [0.2, 0.25) is 5.91 Å². The molecule has 0 saturated heterocycles. The van der Waals surface area contributed by atoms with Gasteiger partial charge in [0.15, 0.2) is 0 Å². The Hall–Kier alpha value is -1.92. The minimum absolute atomic E-state index is 0.158. The molecule has 0 atom stereocenters. The SMILES string of the molecule is CC(=O)Nc1ccc(C)c2c(S(=O)(=O)O)cccc12. The van der Waals surface area contributed by atoms with Crippen LogP contribution >= 0.6 is 0 Å². The number of aryl methyl sites for hydroxylation is 1. The Bertz CT molecular complexity index is 766. The number of anilines is 1. The number of hydrogen-bond acceptors (Lipinski definition) is 3. The van der Waals surface area contributed by atoms with E-state index in [9.17, 15) is 17.8 Å². The first-order chi connectivity index (χ1) is 8.80. The van der Waals surface area contributed by atoms with Gasteiger partial charge in [-0.05, 0) is 24.6 Å². The fourth-order valence-corrected chi connectivity index (χ4v) is 2.84. The fraction of sp³-hybridized carbons (Fsp3) is 0.154. The van der Waals surface area contributed by atoms with E-state index in [1.54, 1.807) is 25.1 Å². The predicted octanol–water partition coefficient (Wildman–Crippen LogP) is 2.35. The lowest BCUT2D eigenvalue weighted by Crippen LogP contribution is -2.07. The first kappa shape index (κ1) is 13.5. The van der Waals surface area contributed by atoms with Crippen LogP contribution in [0.1, 0.15) is 12.5 Å². The second-order valence-corrected chi connectivity index (χ2v) is 5.65. The molecule has 100 valence electrons. The molecule has 5 nitrogen and oxygen atoms in total. The highest BCUT2D eigenvalue weighted by molar-refractivity contribution is 7.86. The van der Waals surface area contributed by atoms with Crippen molar-refractivity contribution >= 4 is 32.5 Å². The summed E-state index contributed by atoms with van der Waals surface area (Å²) in [5.41, 5.74) is 1.22. The zero-order valence-electron chi connectivity index (χ0n) is 10.5. The zero-order valence-corrected chi connectivity index (χ0v) is 11.3. The van der Waals surface area contributed by atoms with Crippen molar-refractivity contribution in [2.45, 2.75) is 18.7 Å². The number of rotatable bonds is 2. The predicted molar refractivity (Wildman–Crippen MR) is 72.8 cm³/mol. The summed E-state index contributed by atoms with van der Waals surface area (Å²) in [5, 5.41) is 3.63. The molecule has 0 saturated carbocycles. The molecule has 2 N–H and O–H groups in total. The number of hydrogen-bond donors (Lipinski definition) is 2. The van der Waals surface area contributed by atoms with Crippen molar-refractivity contribution in [1.82, 2.24) is 0 Å². The van der Waals surface area contributed by atoms with Crippen molar-refractivity contribution in [3.05, 3.63) is 35.9 Å². The van der Waals surface area contributed by atoms with Gasteiger partial charge in [0.1, 0.15) is 4.90 Å². The lowest BCUT2D eigenvalue weighted by atomic mass is 10.0. The summed E-state index contributed by atoms with van der Waals surface area (Å²) >= 11 is 0. The van der Waals surface area contributed by atoms with Crippen molar-refractivity contribution in [2.75, 3.05) is 5.32 Å². The van der Waals surface area contributed by atoms with E-state index in [1.807, 2.05) is 0 Å². The van der Waals surface area contributed by atoms with Crippen molar-refractivity contribution < 1.29 is 17.8 Å². The van der Waals surface area contributed by atoms with Gasteiger partial charge in [0, 0.05) is 23.4 Å². The van der Waals surface area contributed by atoms with E-state index in [2.05, 4.69) is 5.32 Å². The molecular formula is C13H13NO4S. The average Bonchev–Trinajstić information content (AvgIpc) is 2.30. The van der Waals surface area contributed by atoms with Crippen molar-refractivity contribution in [3.63, 3.8) is 0 Å². The monoisotopic (exact) mass is 279 g/mol. The highest BCUT2D eigenvalue weighted by atomic mass is 32.2. The van der Waals surface area contributed by atoms with Crippen LogP contribution < -0.4 is 5.32 Å². The van der Waals surface area contributed by atoms with E-state index in [1.165, 1.54) is 19.1 Å². The van der Waals surface area contributed by atoms with Crippen LogP contribution in [0.25, 0.3) is 10.8 Å². The molecule has 0 aliphatic rings. The van der Waals surface area contributed by atoms with Crippen molar-refractivity contribution in [2.24, 2.45) is 0 Å². The number of amides is 1. The quantitative estimate of drug-likeness (QED) is 0.826. The highest BCUT2D eigenvalue weighted by Gasteiger charge is 2.17. The van der Waals surface area contributed by atoms with Gasteiger partial charge in [0.05, 0.1) is 0 Å².